The predicted molar refractivity (Wildman–Crippen MR) is 73.5 cm³/mol. The SMILES string of the molecule is Fc1ccccc1CNc1nc(-c2ccco2)cs1. The largest absolute Gasteiger partial charge is 0.463 e. The second-order valence-corrected chi connectivity index (χ2v) is 4.82. The van der Waals surface area contributed by atoms with Crippen LogP contribution in [0.4, 0.5) is 9.52 Å². The number of hydrogen-bond acceptors (Lipinski definition) is 4. The number of nitrogens with one attached hydrogen (secondary N) is 1. The van der Waals surface area contributed by atoms with Gasteiger partial charge < -0.3 is 9.73 Å². The standard InChI is InChI=1S/C14H11FN2OS/c15-11-5-2-1-4-10(11)8-16-14-17-12(9-19-14)13-6-3-7-18-13/h1-7,9H,8H2,(H,16,17). The van der Waals surface area contributed by atoms with Gasteiger partial charge in [0.15, 0.2) is 10.9 Å². The highest BCUT2D eigenvalue weighted by Crippen LogP contribution is 2.25. The highest BCUT2D eigenvalue weighted by Gasteiger charge is 2.07. The summed E-state index contributed by atoms with van der Waals surface area (Å²) in [4.78, 5) is 4.39. The first-order valence-electron chi connectivity index (χ1n) is 5.79. The summed E-state index contributed by atoms with van der Waals surface area (Å²) in [6.45, 7) is 0.414. The van der Waals surface area contributed by atoms with Gasteiger partial charge in [0.2, 0.25) is 0 Å². The van der Waals surface area contributed by atoms with Crippen molar-refractivity contribution in [2.24, 2.45) is 0 Å². The van der Waals surface area contributed by atoms with E-state index in [0.29, 0.717) is 12.1 Å². The van der Waals surface area contributed by atoms with Crippen molar-refractivity contribution in [1.82, 2.24) is 4.98 Å². The van der Waals surface area contributed by atoms with Gasteiger partial charge in [0, 0.05) is 17.5 Å². The smallest absolute Gasteiger partial charge is 0.183 e. The summed E-state index contributed by atoms with van der Waals surface area (Å²) >= 11 is 1.47. The number of aromatic nitrogens is 1. The number of hydrogen-bond donors (Lipinski definition) is 1. The van der Waals surface area contributed by atoms with Crippen molar-refractivity contribution >= 4 is 16.5 Å². The Balaban J connectivity index is 1.70. The van der Waals surface area contributed by atoms with E-state index in [1.807, 2.05) is 23.6 Å². The number of benzene rings is 1. The Labute approximate surface area is 113 Å². The zero-order chi connectivity index (χ0) is 13.1. The van der Waals surface area contributed by atoms with Crippen LogP contribution >= 0.6 is 11.3 Å². The van der Waals surface area contributed by atoms with Crippen LogP contribution < -0.4 is 5.32 Å². The van der Waals surface area contributed by atoms with Crippen LogP contribution in [0, 0.1) is 5.82 Å². The third-order valence-electron chi connectivity index (χ3n) is 2.67. The van der Waals surface area contributed by atoms with E-state index in [1.165, 1.54) is 17.4 Å². The van der Waals surface area contributed by atoms with Crippen molar-refractivity contribution in [2.45, 2.75) is 6.54 Å². The molecule has 0 saturated heterocycles. The second-order valence-electron chi connectivity index (χ2n) is 3.96. The first-order valence-corrected chi connectivity index (χ1v) is 6.67. The van der Waals surface area contributed by atoms with E-state index in [0.717, 1.165) is 16.6 Å². The van der Waals surface area contributed by atoms with E-state index in [4.69, 9.17) is 4.42 Å². The van der Waals surface area contributed by atoms with Gasteiger partial charge in [-0.3, -0.25) is 0 Å². The van der Waals surface area contributed by atoms with E-state index < -0.39 is 0 Å². The van der Waals surface area contributed by atoms with Crippen LogP contribution in [0.3, 0.4) is 0 Å². The number of thiazole rings is 1. The fraction of sp³-hybridized carbons (Fsp3) is 0.0714. The van der Waals surface area contributed by atoms with Gasteiger partial charge in [-0.1, -0.05) is 18.2 Å². The normalized spacial score (nSPS) is 10.6. The van der Waals surface area contributed by atoms with Crippen LogP contribution in [0.15, 0.2) is 52.5 Å². The summed E-state index contributed by atoms with van der Waals surface area (Å²) in [6, 6.07) is 10.4. The molecular formula is C14H11FN2OS. The number of nitrogens with zero attached hydrogens (tertiary/aromatic N) is 1. The minimum atomic E-state index is -0.210. The molecular weight excluding hydrogens is 263 g/mol. The fourth-order valence-electron chi connectivity index (χ4n) is 1.71. The van der Waals surface area contributed by atoms with Gasteiger partial charge >= 0.3 is 0 Å². The lowest BCUT2D eigenvalue weighted by Gasteiger charge is -2.03. The summed E-state index contributed by atoms with van der Waals surface area (Å²) in [5, 5.41) is 5.76. The Hall–Kier alpha value is -2.14. The van der Waals surface area contributed by atoms with E-state index >= 15 is 0 Å². The molecule has 0 radical (unpaired) electrons. The molecule has 3 aromatic rings. The summed E-state index contributed by atoms with van der Waals surface area (Å²) in [5.41, 5.74) is 1.41. The van der Waals surface area contributed by atoms with E-state index in [9.17, 15) is 4.39 Å². The monoisotopic (exact) mass is 274 g/mol. The molecule has 3 rings (SSSR count). The molecule has 5 heteroatoms. The van der Waals surface area contributed by atoms with Gasteiger partial charge in [-0.2, -0.15) is 0 Å². The molecule has 0 atom stereocenters. The van der Waals surface area contributed by atoms with Crippen LogP contribution in [0.25, 0.3) is 11.5 Å². The van der Waals surface area contributed by atoms with E-state index in [-0.39, 0.29) is 5.82 Å². The highest BCUT2D eigenvalue weighted by atomic mass is 32.1. The lowest BCUT2D eigenvalue weighted by molar-refractivity contribution is 0.580. The minimum Gasteiger partial charge on any atom is -0.463 e. The maximum absolute atomic E-state index is 13.4. The quantitative estimate of drug-likeness (QED) is 0.776. The van der Waals surface area contributed by atoms with E-state index in [2.05, 4.69) is 10.3 Å². The molecule has 1 N–H and O–H groups in total. The third-order valence-corrected chi connectivity index (χ3v) is 3.47. The van der Waals surface area contributed by atoms with E-state index in [1.54, 1.807) is 18.4 Å². The average Bonchev–Trinajstić information content (AvgIpc) is 3.09. The van der Waals surface area contributed by atoms with Gasteiger partial charge in [0.25, 0.3) is 0 Å². The molecule has 0 spiro atoms. The maximum atomic E-state index is 13.4. The third kappa shape index (κ3) is 2.66. The molecule has 0 bridgehead atoms. The van der Waals surface area contributed by atoms with Crippen molar-refractivity contribution in [3.63, 3.8) is 0 Å². The summed E-state index contributed by atoms with van der Waals surface area (Å²) < 4.78 is 18.7. The van der Waals surface area contributed by atoms with Crippen LogP contribution in [-0.4, -0.2) is 4.98 Å². The Morgan fingerprint density at radius 1 is 1.21 bits per heavy atom. The zero-order valence-electron chi connectivity index (χ0n) is 9.97. The van der Waals surface area contributed by atoms with Crippen LogP contribution in [0.5, 0.6) is 0 Å². The lowest BCUT2D eigenvalue weighted by atomic mass is 10.2. The Morgan fingerprint density at radius 3 is 2.89 bits per heavy atom. The topological polar surface area (TPSA) is 38.1 Å². The fourth-order valence-corrected chi connectivity index (χ4v) is 2.40. The molecule has 0 aliphatic heterocycles. The Bertz CT molecular complexity index is 664. The molecule has 3 nitrogen and oxygen atoms in total. The zero-order valence-corrected chi connectivity index (χ0v) is 10.8. The number of halogens is 1. The number of anilines is 1. The van der Waals surface area contributed by atoms with Crippen LogP contribution in [-0.2, 0) is 6.54 Å². The van der Waals surface area contributed by atoms with Gasteiger partial charge in [-0.05, 0) is 18.2 Å². The molecule has 0 fully saturated rings. The predicted octanol–water partition coefficient (Wildman–Crippen LogP) is 4.15. The molecule has 96 valence electrons. The van der Waals surface area contributed by atoms with Gasteiger partial charge in [-0.25, -0.2) is 9.37 Å². The van der Waals surface area contributed by atoms with Crippen LogP contribution in [0.1, 0.15) is 5.56 Å². The van der Waals surface area contributed by atoms with Crippen molar-refractivity contribution in [3.8, 4) is 11.5 Å². The molecule has 2 aromatic heterocycles. The molecule has 0 amide bonds. The summed E-state index contributed by atoms with van der Waals surface area (Å²) in [6.07, 6.45) is 1.61. The molecule has 19 heavy (non-hydrogen) atoms. The van der Waals surface area contributed by atoms with Crippen molar-refractivity contribution in [1.29, 1.82) is 0 Å². The number of rotatable bonds is 4. The molecule has 0 unspecified atom stereocenters. The van der Waals surface area contributed by atoms with Gasteiger partial charge in [0.1, 0.15) is 11.5 Å². The van der Waals surface area contributed by atoms with Gasteiger partial charge in [-0.15, -0.1) is 11.3 Å². The Morgan fingerprint density at radius 2 is 2.11 bits per heavy atom. The first kappa shape index (κ1) is 11.9. The second kappa shape index (κ2) is 5.24. The summed E-state index contributed by atoms with van der Waals surface area (Å²) in [5.74, 6) is 0.521. The molecule has 0 aliphatic carbocycles. The van der Waals surface area contributed by atoms with Crippen molar-refractivity contribution < 1.29 is 8.81 Å². The average molecular weight is 274 g/mol. The minimum absolute atomic E-state index is 0.210. The van der Waals surface area contributed by atoms with Crippen molar-refractivity contribution in [3.05, 3.63) is 59.4 Å². The maximum Gasteiger partial charge on any atom is 0.183 e. The molecule has 2 heterocycles. The summed E-state index contributed by atoms with van der Waals surface area (Å²) in [7, 11) is 0. The van der Waals surface area contributed by atoms with Crippen LogP contribution in [0.2, 0.25) is 0 Å². The highest BCUT2D eigenvalue weighted by molar-refractivity contribution is 7.14. The van der Waals surface area contributed by atoms with Gasteiger partial charge in [0.05, 0.1) is 6.26 Å². The molecule has 1 aromatic carbocycles. The number of furan rings is 1. The Kier molecular flexibility index (Phi) is 3.29. The molecule has 0 aliphatic rings. The molecule has 0 saturated carbocycles. The lowest BCUT2D eigenvalue weighted by Crippen LogP contribution is -2.01. The van der Waals surface area contributed by atoms with Crippen molar-refractivity contribution in [2.75, 3.05) is 5.32 Å². The first-order chi connectivity index (χ1) is 9.33.